The van der Waals surface area contributed by atoms with Crippen LogP contribution in [0.4, 0.5) is 0 Å². The maximum atomic E-state index is 11.8. The van der Waals surface area contributed by atoms with Crippen LogP contribution in [-0.2, 0) is 22.4 Å². The fraction of sp³-hybridized carbons (Fsp3) is 0.500. The standard InChI is InChI=1S/C14H18O3/c1-14(13(15)17-3)8-7-11-10(9-14)5-4-6-12(11)16-2/h4-6H,7-9H2,1-3H3. The first-order chi connectivity index (χ1) is 8.10. The number of fused-ring (bicyclic) bond motifs is 1. The summed E-state index contributed by atoms with van der Waals surface area (Å²) in [5.74, 6) is 0.806. The highest BCUT2D eigenvalue weighted by Crippen LogP contribution is 2.39. The van der Waals surface area contributed by atoms with Crippen LogP contribution in [-0.4, -0.2) is 20.2 Å². The Morgan fingerprint density at radius 2 is 2.12 bits per heavy atom. The number of carbonyl (C=O) groups is 1. The molecule has 1 aromatic carbocycles. The van der Waals surface area contributed by atoms with Gasteiger partial charge in [0.1, 0.15) is 5.75 Å². The van der Waals surface area contributed by atoms with Crippen LogP contribution in [0.5, 0.6) is 5.75 Å². The van der Waals surface area contributed by atoms with Crippen molar-refractivity contribution in [1.82, 2.24) is 0 Å². The molecule has 3 nitrogen and oxygen atoms in total. The molecule has 1 aliphatic rings. The van der Waals surface area contributed by atoms with E-state index in [1.165, 1.54) is 18.2 Å². The van der Waals surface area contributed by atoms with E-state index < -0.39 is 5.41 Å². The van der Waals surface area contributed by atoms with Gasteiger partial charge in [-0.15, -0.1) is 0 Å². The Labute approximate surface area is 102 Å². The molecule has 0 fully saturated rings. The van der Waals surface area contributed by atoms with Crippen molar-refractivity contribution in [3.05, 3.63) is 29.3 Å². The Morgan fingerprint density at radius 1 is 1.35 bits per heavy atom. The Bertz CT molecular complexity index is 439. The van der Waals surface area contributed by atoms with Crippen LogP contribution in [0.2, 0.25) is 0 Å². The fourth-order valence-corrected chi connectivity index (χ4v) is 2.58. The monoisotopic (exact) mass is 234 g/mol. The van der Waals surface area contributed by atoms with E-state index in [4.69, 9.17) is 9.47 Å². The fourth-order valence-electron chi connectivity index (χ4n) is 2.58. The summed E-state index contributed by atoms with van der Waals surface area (Å²) in [7, 11) is 3.14. The molecule has 2 rings (SSSR count). The predicted octanol–water partition coefficient (Wildman–Crippen LogP) is 2.36. The van der Waals surface area contributed by atoms with E-state index in [2.05, 4.69) is 6.07 Å². The normalized spacial score (nSPS) is 22.8. The average Bonchev–Trinajstić information content (AvgIpc) is 2.36. The molecule has 0 saturated carbocycles. The number of benzene rings is 1. The van der Waals surface area contributed by atoms with E-state index in [1.807, 2.05) is 19.1 Å². The van der Waals surface area contributed by atoms with Crippen LogP contribution < -0.4 is 4.74 Å². The van der Waals surface area contributed by atoms with Gasteiger partial charge in [0, 0.05) is 0 Å². The molecule has 1 unspecified atom stereocenters. The van der Waals surface area contributed by atoms with Crippen LogP contribution in [0.25, 0.3) is 0 Å². The number of methoxy groups -OCH3 is 2. The van der Waals surface area contributed by atoms with Gasteiger partial charge in [-0.25, -0.2) is 0 Å². The lowest BCUT2D eigenvalue weighted by atomic mass is 9.73. The average molecular weight is 234 g/mol. The summed E-state index contributed by atoms with van der Waals surface area (Å²) in [4.78, 5) is 11.8. The molecule has 0 saturated heterocycles. The minimum Gasteiger partial charge on any atom is -0.496 e. The Kier molecular flexibility index (Phi) is 3.09. The lowest BCUT2D eigenvalue weighted by Crippen LogP contribution is -2.35. The quantitative estimate of drug-likeness (QED) is 0.737. The lowest BCUT2D eigenvalue weighted by Gasteiger charge is -2.32. The second-order valence-electron chi connectivity index (χ2n) is 4.83. The zero-order valence-electron chi connectivity index (χ0n) is 10.6. The number of hydrogen-bond acceptors (Lipinski definition) is 3. The first-order valence-electron chi connectivity index (χ1n) is 5.84. The minimum atomic E-state index is -0.395. The van der Waals surface area contributed by atoms with Crippen LogP contribution in [0.15, 0.2) is 18.2 Å². The molecular formula is C14H18O3. The van der Waals surface area contributed by atoms with Gasteiger partial charge in [0.05, 0.1) is 19.6 Å². The van der Waals surface area contributed by atoms with Gasteiger partial charge in [-0.1, -0.05) is 12.1 Å². The second-order valence-corrected chi connectivity index (χ2v) is 4.83. The molecule has 1 atom stereocenters. The molecule has 1 aromatic rings. The second kappa shape index (κ2) is 4.40. The molecule has 0 aromatic heterocycles. The van der Waals surface area contributed by atoms with Crippen molar-refractivity contribution in [3.8, 4) is 5.75 Å². The molecule has 0 spiro atoms. The molecule has 0 heterocycles. The van der Waals surface area contributed by atoms with E-state index in [-0.39, 0.29) is 5.97 Å². The van der Waals surface area contributed by atoms with Crippen molar-refractivity contribution < 1.29 is 14.3 Å². The summed E-state index contributed by atoms with van der Waals surface area (Å²) in [5, 5.41) is 0. The van der Waals surface area contributed by atoms with Gasteiger partial charge in [-0.2, -0.15) is 0 Å². The van der Waals surface area contributed by atoms with E-state index >= 15 is 0 Å². The first kappa shape index (κ1) is 12.0. The van der Waals surface area contributed by atoms with Crippen molar-refractivity contribution in [3.63, 3.8) is 0 Å². The molecule has 17 heavy (non-hydrogen) atoms. The van der Waals surface area contributed by atoms with E-state index in [9.17, 15) is 4.79 Å². The largest absolute Gasteiger partial charge is 0.496 e. The maximum absolute atomic E-state index is 11.8. The smallest absolute Gasteiger partial charge is 0.311 e. The first-order valence-corrected chi connectivity index (χ1v) is 5.84. The number of hydrogen-bond donors (Lipinski definition) is 0. The van der Waals surface area contributed by atoms with E-state index in [0.717, 1.165) is 25.0 Å². The zero-order valence-corrected chi connectivity index (χ0v) is 10.6. The van der Waals surface area contributed by atoms with Gasteiger partial charge in [0.2, 0.25) is 0 Å². The molecule has 0 aliphatic heterocycles. The molecule has 0 amide bonds. The third-order valence-corrected chi connectivity index (χ3v) is 3.64. The van der Waals surface area contributed by atoms with Gasteiger partial charge in [-0.05, 0) is 43.4 Å². The summed E-state index contributed by atoms with van der Waals surface area (Å²) >= 11 is 0. The molecule has 1 aliphatic carbocycles. The zero-order chi connectivity index (χ0) is 12.5. The highest BCUT2D eigenvalue weighted by molar-refractivity contribution is 5.77. The molecule has 0 radical (unpaired) electrons. The molecule has 92 valence electrons. The summed E-state index contributed by atoms with van der Waals surface area (Å²) in [6.07, 6.45) is 2.41. The summed E-state index contributed by atoms with van der Waals surface area (Å²) in [6, 6.07) is 6.01. The third-order valence-electron chi connectivity index (χ3n) is 3.64. The Balaban J connectivity index is 2.34. The Hall–Kier alpha value is -1.51. The highest BCUT2D eigenvalue weighted by atomic mass is 16.5. The summed E-state index contributed by atoms with van der Waals surface area (Å²) < 4.78 is 10.2. The van der Waals surface area contributed by atoms with Crippen LogP contribution in [0.1, 0.15) is 24.5 Å². The van der Waals surface area contributed by atoms with Crippen LogP contribution >= 0.6 is 0 Å². The predicted molar refractivity (Wildman–Crippen MR) is 65.1 cm³/mol. The van der Waals surface area contributed by atoms with Crippen molar-refractivity contribution in [2.24, 2.45) is 5.41 Å². The number of esters is 1. The van der Waals surface area contributed by atoms with E-state index in [0.29, 0.717) is 0 Å². The van der Waals surface area contributed by atoms with Crippen molar-refractivity contribution in [2.45, 2.75) is 26.2 Å². The van der Waals surface area contributed by atoms with Gasteiger partial charge < -0.3 is 9.47 Å². The minimum absolute atomic E-state index is 0.119. The Morgan fingerprint density at radius 3 is 2.76 bits per heavy atom. The van der Waals surface area contributed by atoms with Crippen molar-refractivity contribution in [2.75, 3.05) is 14.2 Å². The molecule has 0 bridgehead atoms. The van der Waals surface area contributed by atoms with Gasteiger partial charge >= 0.3 is 5.97 Å². The van der Waals surface area contributed by atoms with Gasteiger partial charge in [0.15, 0.2) is 0 Å². The molecule has 0 N–H and O–H groups in total. The van der Waals surface area contributed by atoms with Gasteiger partial charge in [-0.3, -0.25) is 4.79 Å². The van der Waals surface area contributed by atoms with Crippen LogP contribution in [0, 0.1) is 5.41 Å². The van der Waals surface area contributed by atoms with Crippen molar-refractivity contribution in [1.29, 1.82) is 0 Å². The number of carbonyl (C=O) groups excluding carboxylic acids is 1. The van der Waals surface area contributed by atoms with Gasteiger partial charge in [0.25, 0.3) is 0 Å². The molecular weight excluding hydrogens is 216 g/mol. The molecule has 3 heteroatoms. The number of rotatable bonds is 2. The van der Waals surface area contributed by atoms with E-state index in [1.54, 1.807) is 7.11 Å². The summed E-state index contributed by atoms with van der Waals surface area (Å²) in [5.41, 5.74) is 2.04. The SMILES string of the molecule is COC(=O)C1(C)CCc2c(cccc2OC)C1. The number of ether oxygens (including phenoxy) is 2. The third kappa shape index (κ3) is 2.02. The maximum Gasteiger partial charge on any atom is 0.311 e. The topological polar surface area (TPSA) is 35.5 Å². The van der Waals surface area contributed by atoms with Crippen LogP contribution in [0.3, 0.4) is 0 Å². The highest BCUT2D eigenvalue weighted by Gasteiger charge is 2.38. The lowest BCUT2D eigenvalue weighted by molar-refractivity contribution is -0.152. The summed E-state index contributed by atoms with van der Waals surface area (Å²) in [6.45, 7) is 1.97. The van der Waals surface area contributed by atoms with Crippen molar-refractivity contribution >= 4 is 5.97 Å².